The number of benzene rings is 1. The molecular weight excluding hydrogens is 324 g/mol. The van der Waals surface area contributed by atoms with Crippen LogP contribution in [0, 0.1) is 0 Å². The van der Waals surface area contributed by atoms with Crippen LogP contribution in [-0.2, 0) is 20.0 Å². The molecule has 0 unspecified atom stereocenters. The van der Waals surface area contributed by atoms with E-state index in [0.29, 0.717) is 12.8 Å². The number of hydrogen-bond acceptors (Lipinski definition) is 5. The SMILES string of the molecule is CCCCS(=O)(=O)NS(=O)(=O)c1ccc(N2CCCC2)cc1. The van der Waals surface area contributed by atoms with Gasteiger partial charge < -0.3 is 4.90 Å². The van der Waals surface area contributed by atoms with E-state index in [2.05, 4.69) is 4.90 Å². The van der Waals surface area contributed by atoms with Crippen LogP contribution < -0.4 is 9.03 Å². The molecule has 0 atom stereocenters. The highest BCUT2D eigenvalue weighted by atomic mass is 32.3. The minimum Gasteiger partial charge on any atom is -0.372 e. The molecule has 0 amide bonds. The van der Waals surface area contributed by atoms with Crippen molar-refractivity contribution >= 4 is 25.7 Å². The fourth-order valence-corrected chi connectivity index (χ4v) is 5.62. The van der Waals surface area contributed by atoms with Gasteiger partial charge in [-0.25, -0.2) is 16.8 Å². The number of unbranched alkanes of at least 4 members (excludes halogenated alkanes) is 1. The van der Waals surface area contributed by atoms with Crippen LogP contribution in [0.15, 0.2) is 29.2 Å². The van der Waals surface area contributed by atoms with E-state index in [-0.39, 0.29) is 10.6 Å². The van der Waals surface area contributed by atoms with Gasteiger partial charge in [0.2, 0.25) is 10.0 Å². The molecule has 1 aliphatic heterocycles. The molecule has 1 fully saturated rings. The van der Waals surface area contributed by atoms with Crippen LogP contribution in [0.25, 0.3) is 0 Å². The van der Waals surface area contributed by atoms with E-state index in [1.807, 2.05) is 6.92 Å². The van der Waals surface area contributed by atoms with Crippen LogP contribution in [-0.4, -0.2) is 35.7 Å². The van der Waals surface area contributed by atoms with Gasteiger partial charge in [-0.2, -0.15) is 0 Å². The van der Waals surface area contributed by atoms with Gasteiger partial charge in [0.15, 0.2) is 0 Å². The Morgan fingerprint density at radius 1 is 1.05 bits per heavy atom. The summed E-state index contributed by atoms with van der Waals surface area (Å²) in [6.07, 6.45) is 3.39. The van der Waals surface area contributed by atoms with E-state index in [9.17, 15) is 16.8 Å². The molecule has 6 nitrogen and oxygen atoms in total. The van der Waals surface area contributed by atoms with Gasteiger partial charge in [0, 0.05) is 18.8 Å². The predicted octanol–water partition coefficient (Wildman–Crippen LogP) is 1.69. The van der Waals surface area contributed by atoms with Crippen LogP contribution in [0.1, 0.15) is 32.6 Å². The predicted molar refractivity (Wildman–Crippen MR) is 86.9 cm³/mol. The number of anilines is 1. The largest absolute Gasteiger partial charge is 0.372 e. The molecule has 1 heterocycles. The second kappa shape index (κ2) is 6.97. The third kappa shape index (κ3) is 4.44. The third-order valence-corrected chi connectivity index (χ3v) is 7.23. The summed E-state index contributed by atoms with van der Waals surface area (Å²) in [5.41, 5.74) is 0.963. The van der Waals surface area contributed by atoms with Crippen LogP contribution in [0.2, 0.25) is 0 Å². The molecule has 1 aliphatic rings. The molecule has 0 bridgehead atoms. The van der Waals surface area contributed by atoms with Crippen LogP contribution in [0.5, 0.6) is 0 Å². The molecule has 1 aromatic carbocycles. The van der Waals surface area contributed by atoms with E-state index < -0.39 is 20.0 Å². The molecule has 1 aromatic rings. The van der Waals surface area contributed by atoms with Crippen LogP contribution >= 0.6 is 0 Å². The highest BCUT2D eigenvalue weighted by molar-refractivity contribution is 8.04. The lowest BCUT2D eigenvalue weighted by Gasteiger charge is -2.17. The second-order valence-corrected chi connectivity index (χ2v) is 9.23. The summed E-state index contributed by atoms with van der Waals surface area (Å²) in [7, 11) is -7.87. The summed E-state index contributed by atoms with van der Waals surface area (Å²) in [4.78, 5) is 2.15. The fourth-order valence-electron chi connectivity index (χ4n) is 2.40. The van der Waals surface area contributed by atoms with E-state index in [1.54, 1.807) is 16.3 Å². The standard InChI is InChI=1S/C14H22N2O4S2/c1-2-3-12-21(17,18)15-22(19,20)14-8-6-13(7-9-14)16-10-4-5-11-16/h6-9,15H,2-5,10-12H2,1H3. The van der Waals surface area contributed by atoms with Crippen LogP contribution in [0.4, 0.5) is 5.69 Å². The van der Waals surface area contributed by atoms with Gasteiger partial charge in [-0.3, -0.25) is 0 Å². The smallest absolute Gasteiger partial charge is 0.253 e. The Morgan fingerprint density at radius 3 is 2.18 bits per heavy atom. The Bertz CT molecular complexity index is 691. The Kier molecular flexibility index (Phi) is 5.46. The van der Waals surface area contributed by atoms with Crippen molar-refractivity contribution in [2.45, 2.75) is 37.5 Å². The summed E-state index contributed by atoms with van der Waals surface area (Å²) in [6, 6.07) is 6.34. The lowest BCUT2D eigenvalue weighted by molar-refractivity contribution is 0.575. The van der Waals surface area contributed by atoms with Crippen molar-refractivity contribution in [1.82, 2.24) is 4.13 Å². The maximum absolute atomic E-state index is 12.1. The summed E-state index contributed by atoms with van der Waals surface area (Å²) >= 11 is 0. The zero-order valence-corrected chi connectivity index (χ0v) is 14.3. The Labute approximate surface area is 132 Å². The minimum absolute atomic E-state index is 0.0319. The molecule has 2 rings (SSSR count). The van der Waals surface area contributed by atoms with E-state index in [1.165, 1.54) is 12.1 Å². The fraction of sp³-hybridized carbons (Fsp3) is 0.571. The van der Waals surface area contributed by atoms with Gasteiger partial charge in [-0.1, -0.05) is 13.3 Å². The zero-order chi connectivity index (χ0) is 16.2. The Morgan fingerprint density at radius 2 is 1.64 bits per heavy atom. The number of nitrogens with zero attached hydrogens (tertiary/aromatic N) is 1. The van der Waals surface area contributed by atoms with Crippen molar-refractivity contribution in [3.63, 3.8) is 0 Å². The first-order valence-corrected chi connectivity index (χ1v) is 10.6. The first-order valence-electron chi connectivity index (χ1n) is 7.45. The van der Waals surface area contributed by atoms with Crippen molar-refractivity contribution < 1.29 is 16.8 Å². The van der Waals surface area contributed by atoms with E-state index >= 15 is 0 Å². The third-order valence-electron chi connectivity index (χ3n) is 3.62. The Hall–Kier alpha value is -1.12. The lowest BCUT2D eigenvalue weighted by atomic mass is 10.3. The average Bonchev–Trinajstić information content (AvgIpc) is 2.98. The van der Waals surface area contributed by atoms with Crippen molar-refractivity contribution in [3.05, 3.63) is 24.3 Å². The van der Waals surface area contributed by atoms with E-state index in [0.717, 1.165) is 31.6 Å². The molecule has 0 aliphatic carbocycles. The highest BCUT2D eigenvalue weighted by Gasteiger charge is 2.22. The number of sulfonamides is 2. The van der Waals surface area contributed by atoms with Crippen molar-refractivity contribution in [1.29, 1.82) is 0 Å². The first-order chi connectivity index (χ1) is 10.3. The van der Waals surface area contributed by atoms with Gasteiger partial charge in [0.1, 0.15) is 0 Å². The van der Waals surface area contributed by atoms with Crippen molar-refractivity contribution in [2.75, 3.05) is 23.7 Å². The summed E-state index contributed by atoms with van der Waals surface area (Å²) in [5, 5.41) is 0. The molecule has 0 aromatic heterocycles. The van der Waals surface area contributed by atoms with Gasteiger partial charge in [-0.15, -0.1) is 4.13 Å². The molecule has 1 N–H and O–H groups in total. The topological polar surface area (TPSA) is 83.5 Å². The van der Waals surface area contributed by atoms with Crippen LogP contribution in [0.3, 0.4) is 0 Å². The molecule has 22 heavy (non-hydrogen) atoms. The van der Waals surface area contributed by atoms with Gasteiger partial charge in [-0.05, 0) is 43.5 Å². The summed E-state index contributed by atoms with van der Waals surface area (Å²) in [6.45, 7) is 3.78. The number of rotatable bonds is 7. The summed E-state index contributed by atoms with van der Waals surface area (Å²) < 4.78 is 49.6. The summed E-state index contributed by atoms with van der Waals surface area (Å²) in [5.74, 6) is -0.186. The van der Waals surface area contributed by atoms with E-state index in [4.69, 9.17) is 0 Å². The molecule has 1 saturated heterocycles. The molecule has 124 valence electrons. The lowest BCUT2D eigenvalue weighted by Crippen LogP contribution is -2.32. The highest BCUT2D eigenvalue weighted by Crippen LogP contribution is 2.22. The first kappa shape index (κ1) is 17.2. The zero-order valence-electron chi connectivity index (χ0n) is 12.7. The molecule has 8 heteroatoms. The molecule has 0 saturated carbocycles. The normalized spacial score (nSPS) is 16.1. The second-order valence-electron chi connectivity index (χ2n) is 5.45. The maximum atomic E-state index is 12.1. The molecule has 0 radical (unpaired) electrons. The molecular formula is C14H22N2O4S2. The molecule has 0 spiro atoms. The van der Waals surface area contributed by atoms with Gasteiger partial charge >= 0.3 is 0 Å². The van der Waals surface area contributed by atoms with Gasteiger partial charge in [0.05, 0.1) is 10.6 Å². The van der Waals surface area contributed by atoms with Crippen molar-refractivity contribution in [2.24, 2.45) is 0 Å². The minimum atomic E-state index is -4.05. The monoisotopic (exact) mass is 346 g/mol. The Balaban J connectivity index is 2.12. The quantitative estimate of drug-likeness (QED) is 0.812. The average molecular weight is 346 g/mol. The number of hydrogen-bond donors (Lipinski definition) is 1. The van der Waals surface area contributed by atoms with Gasteiger partial charge in [0.25, 0.3) is 10.0 Å². The number of nitrogens with one attached hydrogen (secondary N) is 1. The van der Waals surface area contributed by atoms with Crippen molar-refractivity contribution in [3.8, 4) is 0 Å². The maximum Gasteiger partial charge on any atom is 0.253 e.